The van der Waals surface area contributed by atoms with E-state index in [0.29, 0.717) is 12.2 Å². The Labute approximate surface area is 107 Å². The minimum Gasteiger partial charge on any atom is -0.379 e. The number of anilines is 1. The highest BCUT2D eigenvalue weighted by Gasteiger charge is 2.17. The molecule has 2 heterocycles. The lowest BCUT2D eigenvalue weighted by atomic mass is 10.1. The van der Waals surface area contributed by atoms with Crippen molar-refractivity contribution in [1.82, 2.24) is 10.3 Å². The zero-order valence-electron chi connectivity index (χ0n) is 10.6. The summed E-state index contributed by atoms with van der Waals surface area (Å²) in [5.41, 5.74) is 0.585. The van der Waals surface area contributed by atoms with Crippen LogP contribution < -0.4 is 10.6 Å². The summed E-state index contributed by atoms with van der Waals surface area (Å²) in [4.78, 5) is 16.1. The molecule has 1 aromatic rings. The van der Waals surface area contributed by atoms with Crippen LogP contribution >= 0.6 is 0 Å². The molecule has 1 atom stereocenters. The molecule has 98 valence electrons. The van der Waals surface area contributed by atoms with Gasteiger partial charge in [0, 0.05) is 19.3 Å². The number of nitrogens with zero attached hydrogens (tertiary/aromatic N) is 1. The van der Waals surface area contributed by atoms with Crippen molar-refractivity contribution in [3.63, 3.8) is 0 Å². The van der Waals surface area contributed by atoms with Crippen LogP contribution in [0.3, 0.4) is 0 Å². The summed E-state index contributed by atoms with van der Waals surface area (Å²) < 4.78 is 5.33. The van der Waals surface area contributed by atoms with E-state index in [1.165, 1.54) is 0 Å². The summed E-state index contributed by atoms with van der Waals surface area (Å²) in [6.45, 7) is 4.23. The van der Waals surface area contributed by atoms with E-state index in [9.17, 15) is 4.79 Å². The molecule has 0 radical (unpaired) electrons. The number of ether oxygens (including phenoxy) is 1. The summed E-state index contributed by atoms with van der Waals surface area (Å²) in [7, 11) is 0. The van der Waals surface area contributed by atoms with E-state index in [2.05, 4.69) is 15.6 Å². The van der Waals surface area contributed by atoms with Gasteiger partial charge in [0.2, 0.25) is 0 Å². The Balaban J connectivity index is 1.91. The van der Waals surface area contributed by atoms with Crippen LogP contribution in [0.15, 0.2) is 18.3 Å². The molecule has 1 aromatic heterocycles. The van der Waals surface area contributed by atoms with Crippen LogP contribution in [0, 0.1) is 0 Å². The van der Waals surface area contributed by atoms with E-state index in [4.69, 9.17) is 4.74 Å². The van der Waals surface area contributed by atoms with Crippen molar-refractivity contribution < 1.29 is 9.53 Å². The second kappa shape index (κ2) is 6.35. The fourth-order valence-corrected chi connectivity index (χ4v) is 1.94. The van der Waals surface area contributed by atoms with Crippen LogP contribution in [0.1, 0.15) is 30.1 Å². The van der Waals surface area contributed by atoms with Gasteiger partial charge >= 0.3 is 0 Å². The average Bonchev–Trinajstić information content (AvgIpc) is 2.41. The third-order valence-corrected chi connectivity index (χ3v) is 2.88. The number of hydrogen-bond donors (Lipinski definition) is 2. The highest BCUT2D eigenvalue weighted by molar-refractivity contribution is 5.94. The van der Waals surface area contributed by atoms with Crippen LogP contribution in [-0.2, 0) is 4.74 Å². The van der Waals surface area contributed by atoms with Crippen molar-refractivity contribution in [3.05, 3.63) is 23.9 Å². The Kier molecular flexibility index (Phi) is 4.52. The molecule has 5 nitrogen and oxygen atoms in total. The minimum atomic E-state index is -0.0824. The molecule has 1 aliphatic rings. The van der Waals surface area contributed by atoms with Gasteiger partial charge in [-0.05, 0) is 31.9 Å². The number of pyridine rings is 1. The number of rotatable bonds is 4. The summed E-state index contributed by atoms with van der Waals surface area (Å²) in [5.74, 6) is 0.705. The van der Waals surface area contributed by atoms with Crippen LogP contribution in [0.4, 0.5) is 5.82 Å². The van der Waals surface area contributed by atoms with Crippen LogP contribution in [0.5, 0.6) is 0 Å². The van der Waals surface area contributed by atoms with Gasteiger partial charge in [-0.15, -0.1) is 0 Å². The molecule has 0 aliphatic carbocycles. The number of carbonyl (C=O) groups excluding carboxylic acids is 1. The molecule has 1 unspecified atom stereocenters. The van der Waals surface area contributed by atoms with Gasteiger partial charge in [-0.1, -0.05) is 0 Å². The fourth-order valence-electron chi connectivity index (χ4n) is 1.94. The lowest BCUT2D eigenvalue weighted by Crippen LogP contribution is -2.40. The molecule has 0 spiro atoms. The summed E-state index contributed by atoms with van der Waals surface area (Å²) in [6, 6.07) is 3.72. The predicted octanol–water partition coefficient (Wildman–Crippen LogP) is 1.42. The number of carbonyl (C=O) groups is 1. The Bertz CT molecular complexity index is 386. The van der Waals surface area contributed by atoms with Gasteiger partial charge < -0.3 is 15.4 Å². The highest BCUT2D eigenvalue weighted by Crippen LogP contribution is 2.08. The first-order chi connectivity index (χ1) is 8.79. The largest absolute Gasteiger partial charge is 0.379 e. The van der Waals surface area contributed by atoms with Crippen LogP contribution in [-0.4, -0.2) is 36.7 Å². The van der Waals surface area contributed by atoms with E-state index >= 15 is 0 Å². The Morgan fingerprint density at radius 3 is 3.06 bits per heavy atom. The van der Waals surface area contributed by atoms with Crippen molar-refractivity contribution in [3.8, 4) is 0 Å². The van der Waals surface area contributed by atoms with E-state index in [1.807, 2.05) is 13.0 Å². The summed E-state index contributed by atoms with van der Waals surface area (Å²) >= 11 is 0. The molecule has 0 saturated carbocycles. The monoisotopic (exact) mass is 249 g/mol. The summed E-state index contributed by atoms with van der Waals surface area (Å²) in [5, 5.41) is 6.05. The third kappa shape index (κ3) is 3.43. The standard InChI is InChI=1S/C13H19N3O2/c1-2-14-12-6-5-10(8-15-12)13(17)16-11-4-3-7-18-9-11/h5-6,8,11H,2-4,7,9H2,1H3,(H,14,15)(H,16,17). The Hall–Kier alpha value is -1.62. The molecule has 1 aliphatic heterocycles. The molecule has 5 heteroatoms. The quantitative estimate of drug-likeness (QED) is 0.847. The predicted molar refractivity (Wildman–Crippen MR) is 69.7 cm³/mol. The van der Waals surface area contributed by atoms with Gasteiger partial charge in [0.15, 0.2) is 0 Å². The summed E-state index contributed by atoms with van der Waals surface area (Å²) in [6.07, 6.45) is 3.58. The lowest BCUT2D eigenvalue weighted by molar-refractivity contribution is 0.0624. The number of hydrogen-bond acceptors (Lipinski definition) is 4. The van der Waals surface area contributed by atoms with Gasteiger partial charge in [0.1, 0.15) is 5.82 Å². The van der Waals surface area contributed by atoms with E-state index in [-0.39, 0.29) is 11.9 Å². The first kappa shape index (κ1) is 12.8. The van der Waals surface area contributed by atoms with E-state index < -0.39 is 0 Å². The minimum absolute atomic E-state index is 0.0824. The first-order valence-corrected chi connectivity index (χ1v) is 6.38. The first-order valence-electron chi connectivity index (χ1n) is 6.38. The maximum atomic E-state index is 12.0. The zero-order chi connectivity index (χ0) is 12.8. The number of nitrogens with one attached hydrogen (secondary N) is 2. The molecular formula is C13H19N3O2. The molecule has 1 fully saturated rings. The van der Waals surface area contributed by atoms with Gasteiger partial charge in [0.25, 0.3) is 5.91 Å². The van der Waals surface area contributed by atoms with Crippen LogP contribution in [0.2, 0.25) is 0 Å². The molecule has 2 N–H and O–H groups in total. The van der Waals surface area contributed by atoms with Gasteiger partial charge in [0.05, 0.1) is 18.2 Å². The maximum Gasteiger partial charge on any atom is 0.253 e. The SMILES string of the molecule is CCNc1ccc(C(=O)NC2CCCOC2)cn1. The average molecular weight is 249 g/mol. The smallest absolute Gasteiger partial charge is 0.253 e. The van der Waals surface area contributed by atoms with E-state index in [1.54, 1.807) is 12.3 Å². The van der Waals surface area contributed by atoms with Crippen molar-refractivity contribution in [2.45, 2.75) is 25.8 Å². The fraction of sp³-hybridized carbons (Fsp3) is 0.538. The molecule has 1 saturated heterocycles. The van der Waals surface area contributed by atoms with E-state index in [0.717, 1.165) is 31.8 Å². The molecule has 18 heavy (non-hydrogen) atoms. The highest BCUT2D eigenvalue weighted by atomic mass is 16.5. The third-order valence-electron chi connectivity index (χ3n) is 2.88. The molecule has 1 amide bonds. The van der Waals surface area contributed by atoms with Crippen molar-refractivity contribution in [2.75, 3.05) is 25.1 Å². The van der Waals surface area contributed by atoms with Gasteiger partial charge in [-0.2, -0.15) is 0 Å². The molecular weight excluding hydrogens is 230 g/mol. The number of amides is 1. The lowest BCUT2D eigenvalue weighted by Gasteiger charge is -2.23. The second-order valence-electron chi connectivity index (χ2n) is 4.35. The maximum absolute atomic E-state index is 12.0. The Morgan fingerprint density at radius 1 is 1.56 bits per heavy atom. The van der Waals surface area contributed by atoms with Crippen LogP contribution in [0.25, 0.3) is 0 Å². The van der Waals surface area contributed by atoms with Gasteiger partial charge in [-0.3, -0.25) is 4.79 Å². The van der Waals surface area contributed by atoms with Crippen molar-refractivity contribution in [2.24, 2.45) is 0 Å². The second-order valence-corrected chi connectivity index (χ2v) is 4.35. The normalized spacial score (nSPS) is 19.3. The van der Waals surface area contributed by atoms with Gasteiger partial charge in [-0.25, -0.2) is 4.98 Å². The number of aromatic nitrogens is 1. The zero-order valence-corrected chi connectivity index (χ0v) is 10.6. The van der Waals surface area contributed by atoms with Crippen molar-refractivity contribution >= 4 is 11.7 Å². The topological polar surface area (TPSA) is 63.2 Å². The molecule has 0 aromatic carbocycles. The molecule has 0 bridgehead atoms. The van der Waals surface area contributed by atoms with Crippen molar-refractivity contribution in [1.29, 1.82) is 0 Å². The Morgan fingerprint density at radius 2 is 2.44 bits per heavy atom. The molecule has 2 rings (SSSR count).